The van der Waals surface area contributed by atoms with Crippen LogP contribution >= 0.6 is 35.4 Å². The predicted octanol–water partition coefficient (Wildman–Crippen LogP) is 5.06. The van der Waals surface area contributed by atoms with Gasteiger partial charge >= 0.3 is 0 Å². The molecule has 26 heavy (non-hydrogen) atoms. The molecule has 1 heterocycles. The Labute approximate surface area is 166 Å². The quantitative estimate of drug-likeness (QED) is 0.580. The molecule has 0 saturated heterocycles. The molecule has 2 aromatic carbocycles. The minimum Gasteiger partial charge on any atom is -0.497 e. The van der Waals surface area contributed by atoms with E-state index < -0.39 is 0 Å². The largest absolute Gasteiger partial charge is 0.497 e. The average molecular weight is 407 g/mol. The fourth-order valence-corrected chi connectivity index (χ4v) is 3.03. The molecular formula is C18H16Cl2N4OS. The third-order valence-corrected chi connectivity index (χ3v) is 4.30. The van der Waals surface area contributed by atoms with Crippen LogP contribution in [0.1, 0.15) is 5.56 Å². The van der Waals surface area contributed by atoms with Crippen LogP contribution < -0.4 is 15.4 Å². The second-order valence-corrected chi connectivity index (χ2v) is 6.73. The van der Waals surface area contributed by atoms with Gasteiger partial charge in [0, 0.05) is 11.2 Å². The first kappa shape index (κ1) is 18.5. The van der Waals surface area contributed by atoms with E-state index in [2.05, 4.69) is 15.7 Å². The molecule has 0 atom stereocenters. The minimum atomic E-state index is 0.412. The Kier molecular flexibility index (Phi) is 5.98. The smallest absolute Gasteiger partial charge is 0.175 e. The molecule has 8 heteroatoms. The van der Waals surface area contributed by atoms with E-state index in [0.717, 1.165) is 17.0 Å². The fourth-order valence-electron chi connectivity index (χ4n) is 2.35. The van der Waals surface area contributed by atoms with E-state index in [0.29, 0.717) is 27.4 Å². The molecule has 0 unspecified atom stereocenters. The molecule has 5 nitrogen and oxygen atoms in total. The van der Waals surface area contributed by atoms with Crippen molar-refractivity contribution >= 4 is 51.9 Å². The van der Waals surface area contributed by atoms with E-state index in [4.69, 9.17) is 40.2 Å². The fraction of sp³-hybridized carbons (Fsp3) is 0.111. The Hall–Kier alpha value is -2.28. The Morgan fingerprint density at radius 1 is 1.19 bits per heavy atom. The summed E-state index contributed by atoms with van der Waals surface area (Å²) >= 11 is 17.3. The van der Waals surface area contributed by atoms with Gasteiger partial charge in [0.2, 0.25) is 0 Å². The summed E-state index contributed by atoms with van der Waals surface area (Å²) in [5.74, 6) is 0.818. The summed E-state index contributed by atoms with van der Waals surface area (Å²) in [5, 5.41) is 11.9. The summed E-state index contributed by atoms with van der Waals surface area (Å²) in [4.78, 5) is 0. The molecular weight excluding hydrogens is 391 g/mol. The summed E-state index contributed by atoms with van der Waals surface area (Å²) in [7, 11) is 1.65. The number of halogens is 2. The minimum absolute atomic E-state index is 0.412. The second kappa shape index (κ2) is 8.40. The lowest BCUT2D eigenvalue weighted by Gasteiger charge is -2.10. The van der Waals surface area contributed by atoms with E-state index in [-0.39, 0.29) is 0 Å². The number of ether oxygens (including phenoxy) is 1. The van der Waals surface area contributed by atoms with Crippen molar-refractivity contribution in [1.29, 1.82) is 0 Å². The molecule has 0 amide bonds. The van der Waals surface area contributed by atoms with Crippen LogP contribution in [-0.2, 0) is 6.54 Å². The maximum absolute atomic E-state index is 6.13. The van der Waals surface area contributed by atoms with E-state index in [9.17, 15) is 0 Å². The van der Waals surface area contributed by atoms with E-state index in [1.165, 1.54) is 0 Å². The van der Waals surface area contributed by atoms with Crippen molar-refractivity contribution in [2.24, 2.45) is 0 Å². The van der Waals surface area contributed by atoms with Gasteiger partial charge in [0.25, 0.3) is 0 Å². The van der Waals surface area contributed by atoms with Crippen LogP contribution in [0.25, 0.3) is 0 Å². The van der Waals surface area contributed by atoms with Gasteiger partial charge in [0.15, 0.2) is 5.11 Å². The lowest BCUT2D eigenvalue weighted by molar-refractivity contribution is 0.414. The molecule has 0 spiro atoms. The summed E-state index contributed by atoms with van der Waals surface area (Å²) in [6, 6.07) is 13.0. The molecule has 0 aliphatic rings. The Bertz CT molecular complexity index is 929. The van der Waals surface area contributed by atoms with Gasteiger partial charge in [-0.05, 0) is 48.1 Å². The third kappa shape index (κ3) is 4.88. The van der Waals surface area contributed by atoms with Crippen LogP contribution in [0.4, 0.5) is 11.4 Å². The number of methoxy groups -OCH3 is 1. The zero-order chi connectivity index (χ0) is 18.5. The van der Waals surface area contributed by atoms with Crippen LogP contribution in [0.3, 0.4) is 0 Å². The summed E-state index contributed by atoms with van der Waals surface area (Å²) in [6.07, 6.45) is 3.58. The number of nitrogens with zero attached hydrogens (tertiary/aromatic N) is 2. The van der Waals surface area contributed by atoms with Gasteiger partial charge in [0.1, 0.15) is 5.75 Å². The molecule has 0 aliphatic carbocycles. The topological polar surface area (TPSA) is 51.1 Å². The second-order valence-electron chi connectivity index (χ2n) is 5.48. The van der Waals surface area contributed by atoms with Gasteiger partial charge in [-0.1, -0.05) is 35.3 Å². The molecule has 0 fully saturated rings. The van der Waals surface area contributed by atoms with E-state index in [1.54, 1.807) is 31.5 Å². The van der Waals surface area contributed by atoms with Gasteiger partial charge in [-0.15, -0.1) is 0 Å². The number of hydrogen-bond donors (Lipinski definition) is 2. The van der Waals surface area contributed by atoms with Crippen molar-refractivity contribution in [3.05, 3.63) is 70.5 Å². The molecule has 134 valence electrons. The van der Waals surface area contributed by atoms with Crippen molar-refractivity contribution < 1.29 is 4.74 Å². The molecule has 3 rings (SSSR count). The van der Waals surface area contributed by atoms with Crippen molar-refractivity contribution in [3.8, 4) is 5.75 Å². The van der Waals surface area contributed by atoms with Gasteiger partial charge in [0.05, 0.1) is 36.2 Å². The van der Waals surface area contributed by atoms with Crippen LogP contribution in [0, 0.1) is 0 Å². The molecule has 0 aliphatic heterocycles. The number of hydrogen-bond acceptors (Lipinski definition) is 3. The zero-order valence-corrected chi connectivity index (χ0v) is 16.2. The van der Waals surface area contributed by atoms with Crippen LogP contribution in [0.5, 0.6) is 5.75 Å². The lowest BCUT2D eigenvalue weighted by Crippen LogP contribution is -2.19. The number of thiocarbonyl (C=S) groups is 1. The van der Waals surface area contributed by atoms with E-state index >= 15 is 0 Å². The number of aromatic nitrogens is 2. The molecule has 0 bridgehead atoms. The summed E-state index contributed by atoms with van der Waals surface area (Å²) in [5.41, 5.74) is 2.54. The molecule has 0 radical (unpaired) electrons. The van der Waals surface area contributed by atoms with Gasteiger partial charge < -0.3 is 15.4 Å². The number of rotatable bonds is 5. The first-order valence-corrected chi connectivity index (χ1v) is 8.88. The Morgan fingerprint density at radius 2 is 2.04 bits per heavy atom. The summed E-state index contributed by atoms with van der Waals surface area (Å²) < 4.78 is 7.05. The van der Waals surface area contributed by atoms with Crippen LogP contribution in [0.15, 0.2) is 54.9 Å². The van der Waals surface area contributed by atoms with Crippen molar-refractivity contribution in [1.82, 2.24) is 9.78 Å². The zero-order valence-electron chi connectivity index (χ0n) is 13.9. The SMILES string of the molecule is COc1cccc(Cn2cc(NC(=S)Nc3ccc(Cl)cc3Cl)cn2)c1. The van der Waals surface area contributed by atoms with Crippen molar-refractivity contribution in [3.63, 3.8) is 0 Å². The molecule has 0 saturated carbocycles. The maximum Gasteiger partial charge on any atom is 0.175 e. The lowest BCUT2D eigenvalue weighted by atomic mass is 10.2. The van der Waals surface area contributed by atoms with Crippen molar-refractivity contribution in [2.45, 2.75) is 6.54 Å². The van der Waals surface area contributed by atoms with E-state index in [1.807, 2.05) is 35.1 Å². The molecule has 3 aromatic rings. The van der Waals surface area contributed by atoms with Crippen molar-refractivity contribution in [2.75, 3.05) is 17.7 Å². The number of anilines is 2. The summed E-state index contributed by atoms with van der Waals surface area (Å²) in [6.45, 7) is 0.627. The highest BCUT2D eigenvalue weighted by atomic mass is 35.5. The molecule has 2 N–H and O–H groups in total. The average Bonchev–Trinajstić information content (AvgIpc) is 3.04. The highest BCUT2D eigenvalue weighted by Crippen LogP contribution is 2.25. The Balaban J connectivity index is 1.61. The molecule has 1 aromatic heterocycles. The van der Waals surface area contributed by atoms with Gasteiger partial charge in [-0.2, -0.15) is 5.10 Å². The third-order valence-electron chi connectivity index (χ3n) is 3.55. The normalized spacial score (nSPS) is 10.4. The maximum atomic E-state index is 6.13. The van der Waals surface area contributed by atoms with Crippen LogP contribution in [0.2, 0.25) is 10.0 Å². The Morgan fingerprint density at radius 3 is 2.81 bits per heavy atom. The first-order valence-electron chi connectivity index (χ1n) is 7.72. The number of benzene rings is 2. The standard InChI is InChI=1S/C18H16Cl2N4OS/c1-25-15-4-2-3-12(7-15)10-24-11-14(9-21-24)22-18(26)23-17-6-5-13(19)8-16(17)20/h2-9,11H,10H2,1H3,(H2,22,23,26). The number of nitrogens with one attached hydrogen (secondary N) is 2. The van der Waals surface area contributed by atoms with Gasteiger partial charge in [-0.3, -0.25) is 4.68 Å². The van der Waals surface area contributed by atoms with Crippen LogP contribution in [-0.4, -0.2) is 22.0 Å². The first-order chi connectivity index (χ1) is 12.5. The predicted molar refractivity (Wildman–Crippen MR) is 111 cm³/mol. The highest BCUT2D eigenvalue weighted by molar-refractivity contribution is 7.80. The monoisotopic (exact) mass is 406 g/mol. The van der Waals surface area contributed by atoms with Gasteiger partial charge in [-0.25, -0.2) is 0 Å². The highest BCUT2D eigenvalue weighted by Gasteiger charge is 2.06.